The fraction of sp³-hybridized carbons (Fsp3) is 0.400. The van der Waals surface area contributed by atoms with Gasteiger partial charge in [-0.05, 0) is 77.8 Å². The Bertz CT molecular complexity index is 1590. The molecule has 0 spiro atoms. The molecule has 2 amide bonds. The molecular weight excluding hydrogens is 574 g/mol. The van der Waals surface area contributed by atoms with E-state index in [1.807, 2.05) is 50.2 Å². The largest absolute Gasteiger partial charge is 0.497 e. The molecule has 0 aromatic heterocycles. The zero-order valence-electron chi connectivity index (χ0n) is 27.0. The lowest BCUT2D eigenvalue weighted by Crippen LogP contribution is -2.44. The summed E-state index contributed by atoms with van der Waals surface area (Å²) in [6.45, 7) is 5.75. The van der Waals surface area contributed by atoms with Gasteiger partial charge in [0, 0.05) is 19.0 Å². The van der Waals surface area contributed by atoms with Gasteiger partial charge in [-0.1, -0.05) is 32.0 Å². The molecule has 0 radical (unpaired) electrons. The van der Waals surface area contributed by atoms with Crippen LogP contribution in [0.1, 0.15) is 49.9 Å². The van der Waals surface area contributed by atoms with E-state index in [0.717, 1.165) is 22.4 Å². The molecule has 0 saturated heterocycles. The summed E-state index contributed by atoms with van der Waals surface area (Å²) in [6.07, 6.45) is 1.80. The quantitative estimate of drug-likeness (QED) is 0.268. The zero-order chi connectivity index (χ0) is 32.7. The van der Waals surface area contributed by atoms with E-state index >= 15 is 0 Å². The maximum absolute atomic E-state index is 13.8. The Morgan fingerprint density at radius 3 is 2.22 bits per heavy atom. The van der Waals surface area contributed by atoms with E-state index in [4.69, 9.17) is 18.9 Å². The SMILES string of the molecule is COc1ccc(CCNC(=O)C(Nc2ccc3c(cc2=O)C(NC(C)=O)CCc2cc(OC)c(OC)c(OC)c2-3)C(C)C)cc1. The molecule has 4 rings (SSSR count). The van der Waals surface area contributed by atoms with Gasteiger partial charge in [-0.2, -0.15) is 0 Å². The Balaban J connectivity index is 1.71. The van der Waals surface area contributed by atoms with Crippen LogP contribution < -0.4 is 40.3 Å². The van der Waals surface area contributed by atoms with Crippen molar-refractivity contribution in [2.75, 3.05) is 40.3 Å². The summed E-state index contributed by atoms with van der Waals surface area (Å²) >= 11 is 0. The third-order valence-electron chi connectivity index (χ3n) is 8.05. The Morgan fingerprint density at radius 1 is 0.911 bits per heavy atom. The number of ether oxygens (including phenoxy) is 4. The molecular formula is C35H43N3O7. The molecule has 2 unspecified atom stereocenters. The van der Waals surface area contributed by atoms with Crippen molar-refractivity contribution in [2.24, 2.45) is 5.92 Å². The number of methoxy groups -OCH3 is 4. The highest BCUT2D eigenvalue weighted by molar-refractivity contribution is 5.86. The van der Waals surface area contributed by atoms with Crippen molar-refractivity contribution in [1.82, 2.24) is 10.6 Å². The lowest BCUT2D eigenvalue weighted by Gasteiger charge is -2.22. The molecule has 0 bridgehead atoms. The van der Waals surface area contributed by atoms with Crippen LogP contribution in [0.5, 0.6) is 23.0 Å². The number of fused-ring (bicyclic) bond motifs is 3. The first kappa shape index (κ1) is 33.2. The van der Waals surface area contributed by atoms with Gasteiger partial charge in [0.2, 0.25) is 23.0 Å². The van der Waals surface area contributed by atoms with Gasteiger partial charge in [-0.25, -0.2) is 0 Å². The number of anilines is 1. The number of hydrogen-bond acceptors (Lipinski definition) is 8. The van der Waals surface area contributed by atoms with Crippen molar-refractivity contribution in [2.45, 2.75) is 52.1 Å². The highest BCUT2D eigenvalue weighted by atomic mass is 16.5. The summed E-state index contributed by atoms with van der Waals surface area (Å²) in [5.74, 6) is 1.68. The van der Waals surface area contributed by atoms with Gasteiger partial charge in [-0.3, -0.25) is 14.4 Å². The second-order valence-electron chi connectivity index (χ2n) is 11.4. The smallest absolute Gasteiger partial charge is 0.242 e. The molecule has 0 heterocycles. The molecule has 1 aliphatic carbocycles. The summed E-state index contributed by atoms with van der Waals surface area (Å²) in [4.78, 5) is 39.3. The number of aryl methyl sites for hydroxylation is 1. The van der Waals surface area contributed by atoms with Crippen molar-refractivity contribution in [3.05, 3.63) is 75.4 Å². The van der Waals surface area contributed by atoms with Crippen LogP contribution >= 0.6 is 0 Å². The van der Waals surface area contributed by atoms with Crippen LogP contribution in [0.15, 0.2) is 53.3 Å². The molecule has 45 heavy (non-hydrogen) atoms. The van der Waals surface area contributed by atoms with Crippen LogP contribution in [0.3, 0.4) is 0 Å². The minimum Gasteiger partial charge on any atom is -0.497 e. The molecule has 1 aliphatic rings. The van der Waals surface area contributed by atoms with Crippen LogP contribution in [-0.2, 0) is 22.4 Å². The summed E-state index contributed by atoms with van der Waals surface area (Å²) in [5, 5.41) is 9.24. The fourth-order valence-corrected chi connectivity index (χ4v) is 5.76. The number of carbonyl (C=O) groups excluding carboxylic acids is 2. The predicted molar refractivity (Wildman–Crippen MR) is 175 cm³/mol. The molecule has 10 nitrogen and oxygen atoms in total. The Kier molecular flexibility index (Phi) is 10.9. The Hall–Kier alpha value is -4.73. The van der Waals surface area contributed by atoms with Gasteiger partial charge in [0.25, 0.3) is 0 Å². The van der Waals surface area contributed by atoms with Crippen LogP contribution in [0.2, 0.25) is 0 Å². The first-order valence-corrected chi connectivity index (χ1v) is 15.1. The highest BCUT2D eigenvalue weighted by Crippen LogP contribution is 2.50. The van der Waals surface area contributed by atoms with Crippen LogP contribution in [0.25, 0.3) is 11.1 Å². The summed E-state index contributed by atoms with van der Waals surface area (Å²) in [5.41, 5.74) is 4.11. The summed E-state index contributed by atoms with van der Waals surface area (Å²) < 4.78 is 22.3. The second-order valence-corrected chi connectivity index (χ2v) is 11.4. The molecule has 0 fully saturated rings. The lowest BCUT2D eigenvalue weighted by molar-refractivity contribution is -0.122. The molecule has 3 N–H and O–H groups in total. The number of carbonyl (C=O) groups is 2. The molecule has 2 atom stereocenters. The third-order valence-corrected chi connectivity index (χ3v) is 8.05. The van der Waals surface area contributed by atoms with Crippen molar-refractivity contribution in [1.29, 1.82) is 0 Å². The Labute approximate surface area is 264 Å². The first-order valence-electron chi connectivity index (χ1n) is 15.1. The Morgan fingerprint density at radius 2 is 1.62 bits per heavy atom. The van der Waals surface area contributed by atoms with E-state index in [1.165, 1.54) is 6.92 Å². The van der Waals surface area contributed by atoms with Crippen molar-refractivity contribution >= 4 is 17.5 Å². The van der Waals surface area contributed by atoms with Crippen molar-refractivity contribution < 1.29 is 28.5 Å². The van der Waals surface area contributed by atoms with Crippen LogP contribution in [0.4, 0.5) is 5.69 Å². The highest BCUT2D eigenvalue weighted by Gasteiger charge is 2.30. The first-order chi connectivity index (χ1) is 21.6. The van der Waals surface area contributed by atoms with Gasteiger partial charge in [0.15, 0.2) is 11.5 Å². The fourth-order valence-electron chi connectivity index (χ4n) is 5.76. The van der Waals surface area contributed by atoms with E-state index in [9.17, 15) is 14.4 Å². The van der Waals surface area contributed by atoms with E-state index in [0.29, 0.717) is 54.2 Å². The van der Waals surface area contributed by atoms with Gasteiger partial charge in [0.1, 0.15) is 11.8 Å². The zero-order valence-corrected chi connectivity index (χ0v) is 27.0. The minimum absolute atomic E-state index is 0.113. The number of benzene rings is 2. The van der Waals surface area contributed by atoms with Gasteiger partial charge in [-0.15, -0.1) is 0 Å². The molecule has 3 aromatic rings. The van der Waals surface area contributed by atoms with E-state index in [-0.39, 0.29) is 28.8 Å². The minimum atomic E-state index is -0.659. The predicted octanol–water partition coefficient (Wildman–Crippen LogP) is 4.67. The summed E-state index contributed by atoms with van der Waals surface area (Å²) in [7, 11) is 6.29. The number of rotatable bonds is 12. The average molecular weight is 618 g/mol. The number of nitrogens with one attached hydrogen (secondary N) is 3. The van der Waals surface area contributed by atoms with Crippen molar-refractivity contribution in [3.63, 3.8) is 0 Å². The molecule has 240 valence electrons. The monoisotopic (exact) mass is 617 g/mol. The summed E-state index contributed by atoms with van der Waals surface area (Å²) in [6, 6.07) is 13.6. The lowest BCUT2D eigenvalue weighted by atomic mass is 9.95. The van der Waals surface area contributed by atoms with Crippen molar-refractivity contribution in [3.8, 4) is 34.1 Å². The number of hydrogen-bond donors (Lipinski definition) is 3. The van der Waals surface area contributed by atoms with Gasteiger partial charge >= 0.3 is 0 Å². The normalized spacial score (nSPS) is 14.3. The molecule has 0 saturated carbocycles. The molecule has 0 aliphatic heterocycles. The maximum Gasteiger partial charge on any atom is 0.242 e. The van der Waals surface area contributed by atoms with E-state index in [2.05, 4.69) is 16.0 Å². The van der Waals surface area contributed by atoms with Gasteiger partial charge in [0.05, 0.1) is 40.2 Å². The maximum atomic E-state index is 13.8. The van der Waals surface area contributed by atoms with E-state index < -0.39 is 12.1 Å². The molecule has 3 aromatic carbocycles. The van der Waals surface area contributed by atoms with Crippen LogP contribution in [0, 0.1) is 5.92 Å². The van der Waals surface area contributed by atoms with E-state index in [1.54, 1.807) is 40.6 Å². The second kappa shape index (κ2) is 14.8. The number of amides is 2. The standard InChI is InChI=1S/C35H43N3O7/c1-20(2)32(35(41)36-17-16-22-8-11-24(42-4)12-9-22)38-28-15-13-25-26(19-29(28)40)27(37-21(3)39)14-10-23-18-30(43-5)33(44-6)34(45-7)31(23)25/h8-9,11-13,15,18-20,27,32H,10,14,16-17H2,1-7H3,(H,36,41)(H,37,39)(H,38,40). The van der Waals surface area contributed by atoms with Crippen LogP contribution in [-0.4, -0.2) is 52.8 Å². The third kappa shape index (κ3) is 7.50. The molecule has 10 heteroatoms. The average Bonchev–Trinajstić information content (AvgIpc) is 3.26. The van der Waals surface area contributed by atoms with Gasteiger partial charge < -0.3 is 34.9 Å². The topological polar surface area (TPSA) is 124 Å².